The molecule has 0 unspecified atom stereocenters. The lowest BCUT2D eigenvalue weighted by atomic mass is 10.1. The van der Waals surface area contributed by atoms with Crippen LogP contribution >= 0.6 is 15.9 Å². The van der Waals surface area contributed by atoms with Gasteiger partial charge in [0, 0.05) is 21.4 Å². The van der Waals surface area contributed by atoms with Gasteiger partial charge in [0.1, 0.15) is 0 Å². The van der Waals surface area contributed by atoms with Crippen molar-refractivity contribution in [2.24, 2.45) is 0 Å². The van der Waals surface area contributed by atoms with Gasteiger partial charge in [-0.3, -0.25) is 4.79 Å². The first-order valence-corrected chi connectivity index (χ1v) is 9.36. The molecule has 0 atom stereocenters. The van der Waals surface area contributed by atoms with Gasteiger partial charge in [-0.2, -0.15) is 0 Å². The molecule has 130 valence electrons. The van der Waals surface area contributed by atoms with Gasteiger partial charge in [-0.25, -0.2) is 0 Å². The lowest BCUT2D eigenvalue weighted by Gasteiger charge is -2.17. The van der Waals surface area contributed by atoms with E-state index in [0.717, 1.165) is 43.8 Å². The molecule has 3 nitrogen and oxygen atoms in total. The number of aromatic amines is 1. The second kappa shape index (κ2) is 6.61. The summed E-state index contributed by atoms with van der Waals surface area (Å²) in [5, 5.41) is 0. The molecule has 1 aliphatic rings. The summed E-state index contributed by atoms with van der Waals surface area (Å²) in [6.07, 6.45) is 1.98. The molecule has 0 fully saturated rings. The highest BCUT2D eigenvalue weighted by molar-refractivity contribution is 9.10. The van der Waals surface area contributed by atoms with Crippen LogP contribution in [0, 0.1) is 13.8 Å². The lowest BCUT2D eigenvalue weighted by molar-refractivity contribution is -0.113. The number of amides is 1. The van der Waals surface area contributed by atoms with Gasteiger partial charge in [0.05, 0.1) is 17.8 Å². The highest BCUT2D eigenvalue weighted by atomic mass is 79.9. The molecule has 1 amide bonds. The van der Waals surface area contributed by atoms with Crippen LogP contribution in [0.3, 0.4) is 0 Å². The van der Waals surface area contributed by atoms with Crippen molar-refractivity contribution in [3.63, 3.8) is 0 Å². The monoisotopic (exact) mass is 406 g/mol. The minimum Gasteiger partial charge on any atom is -0.359 e. The van der Waals surface area contributed by atoms with Crippen molar-refractivity contribution in [1.82, 2.24) is 4.98 Å². The van der Waals surface area contributed by atoms with Crippen LogP contribution in [0.5, 0.6) is 0 Å². The largest absolute Gasteiger partial charge is 0.359 e. The summed E-state index contributed by atoms with van der Waals surface area (Å²) in [5.74, 6) is 0.0424. The molecule has 0 radical (unpaired) electrons. The van der Waals surface area contributed by atoms with Crippen LogP contribution in [-0.4, -0.2) is 10.9 Å². The number of nitrogens with one attached hydrogen (secondary N) is 1. The molecule has 4 heteroatoms. The maximum atomic E-state index is 13.2. The topological polar surface area (TPSA) is 36.1 Å². The number of carbonyl (C=O) groups is 1. The number of carbonyl (C=O) groups excluding carboxylic acids is 1. The molecule has 0 spiro atoms. The number of rotatable bonds is 3. The van der Waals surface area contributed by atoms with E-state index in [1.807, 2.05) is 66.4 Å². The summed E-state index contributed by atoms with van der Waals surface area (Å²) in [6, 6.07) is 18.2. The number of H-pyrrole nitrogens is 1. The van der Waals surface area contributed by atoms with Crippen LogP contribution in [0.1, 0.15) is 28.1 Å². The number of halogens is 1. The number of aromatic nitrogens is 1. The second-order valence-corrected chi connectivity index (χ2v) is 7.56. The second-order valence-electron chi connectivity index (χ2n) is 6.64. The number of hydrogen-bond acceptors (Lipinski definition) is 1. The van der Waals surface area contributed by atoms with Crippen molar-refractivity contribution < 1.29 is 4.79 Å². The molecule has 3 aromatic rings. The molecule has 0 saturated carbocycles. The van der Waals surface area contributed by atoms with Gasteiger partial charge in [0.15, 0.2) is 0 Å². The van der Waals surface area contributed by atoms with Crippen molar-refractivity contribution in [3.05, 3.63) is 87.1 Å². The Labute approximate surface area is 161 Å². The Morgan fingerprint density at radius 1 is 1.08 bits per heavy atom. The van der Waals surface area contributed by atoms with E-state index in [-0.39, 0.29) is 5.91 Å². The van der Waals surface area contributed by atoms with E-state index in [2.05, 4.69) is 33.9 Å². The smallest absolute Gasteiger partial charge is 0.259 e. The SMILES string of the molecule is Cc1cc(C)c(C=C2C(=O)N(Cc3ccc(Br)cc3)c3ccccc32)[nH]1. The first-order chi connectivity index (χ1) is 12.5. The third-order valence-corrected chi connectivity index (χ3v) is 5.22. The summed E-state index contributed by atoms with van der Waals surface area (Å²) < 4.78 is 1.03. The summed E-state index contributed by atoms with van der Waals surface area (Å²) >= 11 is 3.46. The molecule has 0 bridgehead atoms. The first kappa shape index (κ1) is 16.9. The number of benzene rings is 2. The Kier molecular flexibility index (Phi) is 4.29. The van der Waals surface area contributed by atoms with Gasteiger partial charge in [0.2, 0.25) is 0 Å². The van der Waals surface area contributed by atoms with E-state index >= 15 is 0 Å². The van der Waals surface area contributed by atoms with Crippen molar-refractivity contribution in [3.8, 4) is 0 Å². The third-order valence-electron chi connectivity index (χ3n) is 4.69. The van der Waals surface area contributed by atoms with Gasteiger partial charge in [0.25, 0.3) is 5.91 Å². The van der Waals surface area contributed by atoms with E-state index in [9.17, 15) is 4.79 Å². The van der Waals surface area contributed by atoms with E-state index in [0.29, 0.717) is 6.54 Å². The molecule has 26 heavy (non-hydrogen) atoms. The Morgan fingerprint density at radius 2 is 1.81 bits per heavy atom. The molecule has 0 saturated heterocycles. The average molecular weight is 407 g/mol. The minimum atomic E-state index is 0.0424. The fourth-order valence-corrected chi connectivity index (χ4v) is 3.68. The molecule has 1 aromatic heterocycles. The van der Waals surface area contributed by atoms with Gasteiger partial charge in [-0.05, 0) is 55.3 Å². The molecule has 1 aliphatic heterocycles. The van der Waals surface area contributed by atoms with Gasteiger partial charge in [-0.15, -0.1) is 0 Å². The van der Waals surface area contributed by atoms with Crippen LogP contribution in [0.25, 0.3) is 11.6 Å². The Hall–Kier alpha value is -2.59. The standard InChI is InChI=1S/C22H19BrN2O/c1-14-11-15(2)24-20(14)12-19-18-5-3-4-6-21(18)25(22(19)26)13-16-7-9-17(23)10-8-16/h3-12,24H,13H2,1-2H3. The molecule has 4 rings (SSSR count). The number of anilines is 1. The Morgan fingerprint density at radius 3 is 2.50 bits per heavy atom. The fourth-order valence-electron chi connectivity index (χ4n) is 3.42. The predicted molar refractivity (Wildman–Crippen MR) is 110 cm³/mol. The quantitative estimate of drug-likeness (QED) is 0.574. The summed E-state index contributed by atoms with van der Waals surface area (Å²) in [5.41, 5.74) is 7.03. The normalized spacial score (nSPS) is 15.0. The number of hydrogen-bond donors (Lipinski definition) is 1. The van der Waals surface area contributed by atoms with Gasteiger partial charge < -0.3 is 9.88 Å². The zero-order chi connectivity index (χ0) is 18.3. The number of nitrogens with zero attached hydrogens (tertiary/aromatic N) is 1. The minimum absolute atomic E-state index is 0.0424. The molecule has 2 aromatic carbocycles. The summed E-state index contributed by atoms with van der Waals surface area (Å²) in [6.45, 7) is 4.64. The van der Waals surface area contributed by atoms with Crippen LogP contribution in [0.4, 0.5) is 5.69 Å². The highest BCUT2D eigenvalue weighted by Crippen LogP contribution is 2.38. The fraction of sp³-hybridized carbons (Fsp3) is 0.136. The Bertz CT molecular complexity index is 1010. The molecule has 1 N–H and O–H groups in total. The molecular weight excluding hydrogens is 388 g/mol. The summed E-state index contributed by atoms with van der Waals surface area (Å²) in [4.78, 5) is 18.4. The van der Waals surface area contributed by atoms with Crippen molar-refractivity contribution >= 4 is 39.2 Å². The van der Waals surface area contributed by atoms with Crippen LogP contribution < -0.4 is 4.90 Å². The maximum absolute atomic E-state index is 13.2. The van der Waals surface area contributed by atoms with E-state index in [1.54, 1.807) is 0 Å². The summed E-state index contributed by atoms with van der Waals surface area (Å²) in [7, 11) is 0. The van der Waals surface area contributed by atoms with Crippen LogP contribution in [0.2, 0.25) is 0 Å². The van der Waals surface area contributed by atoms with Crippen molar-refractivity contribution in [2.75, 3.05) is 4.90 Å². The van der Waals surface area contributed by atoms with Crippen molar-refractivity contribution in [2.45, 2.75) is 20.4 Å². The lowest BCUT2D eigenvalue weighted by Crippen LogP contribution is -2.25. The number of aryl methyl sites for hydroxylation is 2. The van der Waals surface area contributed by atoms with E-state index in [1.165, 1.54) is 0 Å². The molecule has 2 heterocycles. The van der Waals surface area contributed by atoms with Crippen LogP contribution in [-0.2, 0) is 11.3 Å². The Balaban J connectivity index is 1.75. The van der Waals surface area contributed by atoms with Gasteiger partial charge in [-0.1, -0.05) is 46.3 Å². The molecule has 0 aliphatic carbocycles. The highest BCUT2D eigenvalue weighted by Gasteiger charge is 2.32. The zero-order valence-corrected chi connectivity index (χ0v) is 16.3. The third kappa shape index (κ3) is 3.01. The van der Waals surface area contributed by atoms with Crippen LogP contribution in [0.15, 0.2) is 59.1 Å². The number of fused-ring (bicyclic) bond motifs is 1. The predicted octanol–water partition coefficient (Wildman–Crippen LogP) is 5.48. The van der Waals surface area contributed by atoms with Gasteiger partial charge >= 0.3 is 0 Å². The molecular formula is C22H19BrN2O. The van der Waals surface area contributed by atoms with E-state index < -0.39 is 0 Å². The zero-order valence-electron chi connectivity index (χ0n) is 14.7. The first-order valence-electron chi connectivity index (χ1n) is 8.56. The van der Waals surface area contributed by atoms with E-state index in [4.69, 9.17) is 0 Å². The number of para-hydroxylation sites is 1. The van der Waals surface area contributed by atoms with Crippen molar-refractivity contribution in [1.29, 1.82) is 0 Å². The average Bonchev–Trinajstić information content (AvgIpc) is 3.08. The maximum Gasteiger partial charge on any atom is 0.259 e.